The first-order valence-electron chi connectivity index (χ1n) is 8.02. The van der Waals surface area contributed by atoms with Crippen molar-refractivity contribution in [3.05, 3.63) is 81.2 Å². The van der Waals surface area contributed by atoms with Gasteiger partial charge < -0.3 is 5.32 Å². The highest BCUT2D eigenvalue weighted by Gasteiger charge is 2.39. The van der Waals surface area contributed by atoms with Gasteiger partial charge in [0.25, 0.3) is 5.69 Å². The Balaban J connectivity index is 1.83. The van der Waals surface area contributed by atoms with Gasteiger partial charge in [-0.1, -0.05) is 24.3 Å². The molecule has 4 rings (SSSR count). The molecule has 0 aromatic heterocycles. The second-order valence-electron chi connectivity index (χ2n) is 6.51. The van der Waals surface area contributed by atoms with E-state index in [1.54, 1.807) is 24.3 Å². The van der Waals surface area contributed by atoms with E-state index in [0.29, 0.717) is 0 Å². The number of nitrogens with one attached hydrogen (secondary N) is 1. The molecule has 1 aliphatic carbocycles. The average Bonchev–Trinajstić information content (AvgIpc) is 3.04. The summed E-state index contributed by atoms with van der Waals surface area (Å²) in [5, 5.41) is 14.7. The van der Waals surface area contributed by atoms with E-state index >= 15 is 0 Å². The lowest BCUT2D eigenvalue weighted by molar-refractivity contribution is -0.385. The van der Waals surface area contributed by atoms with Crippen molar-refractivity contribution in [2.24, 2.45) is 5.92 Å². The molecule has 2 aromatic carbocycles. The summed E-state index contributed by atoms with van der Waals surface area (Å²) in [6.45, 7) is 1.88. The summed E-state index contributed by atoms with van der Waals surface area (Å²) in [7, 11) is 0. The van der Waals surface area contributed by atoms with Crippen molar-refractivity contribution in [1.82, 2.24) is 0 Å². The molecule has 3 atom stereocenters. The van der Waals surface area contributed by atoms with Crippen LogP contribution < -0.4 is 5.32 Å². The van der Waals surface area contributed by atoms with Gasteiger partial charge in [0.2, 0.25) is 0 Å². The molecular formula is C19H17FN2O2. The molecule has 122 valence electrons. The Bertz CT molecular complexity index is 862. The predicted octanol–water partition coefficient (Wildman–Crippen LogP) is 4.87. The molecule has 0 saturated carbocycles. The maximum Gasteiger partial charge on any atom is 0.270 e. The van der Waals surface area contributed by atoms with E-state index in [0.717, 1.165) is 28.8 Å². The first kappa shape index (κ1) is 14.9. The van der Waals surface area contributed by atoms with E-state index in [9.17, 15) is 14.5 Å². The minimum Gasteiger partial charge on any atom is -0.377 e. The zero-order valence-electron chi connectivity index (χ0n) is 13.2. The van der Waals surface area contributed by atoms with Gasteiger partial charge in [0.05, 0.1) is 11.0 Å². The zero-order valence-corrected chi connectivity index (χ0v) is 13.2. The molecule has 2 aliphatic rings. The molecule has 0 unspecified atom stereocenters. The number of allylic oxidation sites excluding steroid dienone is 2. The number of hydrogen-bond donors (Lipinski definition) is 1. The van der Waals surface area contributed by atoms with Crippen LogP contribution in [0.5, 0.6) is 0 Å². The first-order valence-corrected chi connectivity index (χ1v) is 8.02. The van der Waals surface area contributed by atoms with Crippen LogP contribution in [0, 0.1) is 28.8 Å². The molecule has 0 fully saturated rings. The van der Waals surface area contributed by atoms with E-state index in [-0.39, 0.29) is 34.3 Å². The Labute approximate surface area is 139 Å². The minimum atomic E-state index is -0.348. The number of halogens is 1. The maximum atomic E-state index is 13.7. The topological polar surface area (TPSA) is 55.2 Å². The molecule has 5 heteroatoms. The van der Waals surface area contributed by atoms with Crippen LogP contribution in [0.25, 0.3) is 0 Å². The van der Waals surface area contributed by atoms with Gasteiger partial charge in [-0.2, -0.15) is 0 Å². The number of benzene rings is 2. The Morgan fingerprint density at radius 3 is 2.88 bits per heavy atom. The number of aryl methyl sites for hydroxylation is 1. The van der Waals surface area contributed by atoms with Crippen molar-refractivity contribution in [2.75, 3.05) is 5.32 Å². The predicted molar refractivity (Wildman–Crippen MR) is 90.6 cm³/mol. The minimum absolute atomic E-state index is 0.00615. The number of hydrogen-bond acceptors (Lipinski definition) is 3. The molecule has 1 heterocycles. The van der Waals surface area contributed by atoms with Crippen LogP contribution in [0.1, 0.15) is 35.1 Å². The van der Waals surface area contributed by atoms with Crippen LogP contribution in [0.2, 0.25) is 0 Å². The number of nitro groups is 1. The maximum absolute atomic E-state index is 13.7. The molecule has 0 amide bonds. The number of anilines is 1. The van der Waals surface area contributed by atoms with Crippen LogP contribution in [-0.2, 0) is 0 Å². The van der Waals surface area contributed by atoms with E-state index in [2.05, 4.69) is 17.5 Å². The summed E-state index contributed by atoms with van der Waals surface area (Å²) in [5.74, 6) is 0.108. The van der Waals surface area contributed by atoms with E-state index in [1.165, 1.54) is 6.07 Å². The SMILES string of the molecule is Cc1cc([N+](=O)[O-])cc2c1N[C@H](c1cccc(F)c1)[C@H]1CC=C[C@H]21. The third-order valence-corrected chi connectivity index (χ3v) is 5.07. The van der Waals surface area contributed by atoms with Crippen molar-refractivity contribution in [1.29, 1.82) is 0 Å². The van der Waals surface area contributed by atoms with Gasteiger partial charge in [-0.25, -0.2) is 4.39 Å². The fraction of sp³-hybridized carbons (Fsp3) is 0.263. The zero-order chi connectivity index (χ0) is 16.8. The lowest BCUT2D eigenvalue weighted by Gasteiger charge is -2.38. The van der Waals surface area contributed by atoms with Gasteiger partial charge >= 0.3 is 0 Å². The quantitative estimate of drug-likeness (QED) is 0.487. The second-order valence-corrected chi connectivity index (χ2v) is 6.51. The molecule has 0 radical (unpaired) electrons. The normalized spacial score (nSPS) is 24.2. The van der Waals surface area contributed by atoms with E-state index in [1.807, 2.05) is 13.0 Å². The third-order valence-electron chi connectivity index (χ3n) is 5.07. The summed E-state index contributed by atoms with van der Waals surface area (Å²) in [6.07, 6.45) is 5.12. The highest BCUT2D eigenvalue weighted by Crippen LogP contribution is 2.51. The fourth-order valence-corrected chi connectivity index (χ4v) is 4.00. The first-order chi connectivity index (χ1) is 11.5. The van der Waals surface area contributed by atoms with Crippen LogP contribution in [0.15, 0.2) is 48.6 Å². The van der Waals surface area contributed by atoms with Crippen molar-refractivity contribution in [2.45, 2.75) is 25.3 Å². The average molecular weight is 324 g/mol. The summed E-state index contributed by atoms with van der Waals surface area (Å²) in [4.78, 5) is 10.8. The molecule has 4 nitrogen and oxygen atoms in total. The summed E-state index contributed by atoms with van der Waals surface area (Å²) < 4.78 is 13.7. The van der Waals surface area contributed by atoms with E-state index < -0.39 is 0 Å². The third kappa shape index (κ3) is 2.28. The van der Waals surface area contributed by atoms with Crippen LogP contribution in [0.4, 0.5) is 15.8 Å². The van der Waals surface area contributed by atoms with Crippen molar-refractivity contribution >= 4 is 11.4 Å². The molecule has 0 spiro atoms. The van der Waals surface area contributed by atoms with Gasteiger partial charge in [0.1, 0.15) is 5.82 Å². The van der Waals surface area contributed by atoms with Crippen molar-refractivity contribution < 1.29 is 9.31 Å². The van der Waals surface area contributed by atoms with Crippen LogP contribution >= 0.6 is 0 Å². The molecular weight excluding hydrogens is 307 g/mol. The smallest absolute Gasteiger partial charge is 0.270 e. The lowest BCUT2D eigenvalue weighted by atomic mass is 9.76. The molecule has 24 heavy (non-hydrogen) atoms. The summed E-state index contributed by atoms with van der Waals surface area (Å²) in [5.41, 5.74) is 3.78. The largest absolute Gasteiger partial charge is 0.377 e. The van der Waals surface area contributed by atoms with Crippen LogP contribution in [-0.4, -0.2) is 4.92 Å². The summed E-state index contributed by atoms with van der Waals surface area (Å²) >= 11 is 0. The van der Waals surface area contributed by atoms with Gasteiger partial charge in [-0.15, -0.1) is 0 Å². The van der Waals surface area contributed by atoms with Crippen LogP contribution in [0.3, 0.4) is 0 Å². The van der Waals surface area contributed by atoms with Crippen molar-refractivity contribution in [3.63, 3.8) is 0 Å². The molecule has 1 N–H and O–H groups in total. The highest BCUT2D eigenvalue weighted by atomic mass is 19.1. The summed E-state index contributed by atoms with van der Waals surface area (Å²) in [6, 6.07) is 9.92. The number of nitro benzene ring substituents is 1. The number of non-ortho nitro benzene ring substituents is 1. The number of rotatable bonds is 2. The van der Waals surface area contributed by atoms with E-state index in [4.69, 9.17) is 0 Å². The Hall–Kier alpha value is -2.69. The second kappa shape index (κ2) is 5.44. The fourth-order valence-electron chi connectivity index (χ4n) is 4.00. The van der Waals surface area contributed by atoms with Gasteiger partial charge in [-0.05, 0) is 48.1 Å². The standard InChI is InChI=1S/C19H17FN2O2/c1-11-8-14(22(23)24)10-17-15-6-3-7-16(15)19(21-18(11)17)12-4-2-5-13(20)9-12/h2-6,8-10,15-16,19,21H,7H2,1H3/t15-,16-,19+/m0/s1. The molecule has 0 saturated heterocycles. The van der Waals surface area contributed by atoms with Gasteiger partial charge in [-0.3, -0.25) is 10.1 Å². The van der Waals surface area contributed by atoms with Gasteiger partial charge in [0.15, 0.2) is 0 Å². The Morgan fingerprint density at radius 1 is 1.29 bits per heavy atom. The lowest BCUT2D eigenvalue weighted by Crippen LogP contribution is -2.29. The van der Waals surface area contributed by atoms with Crippen molar-refractivity contribution in [3.8, 4) is 0 Å². The molecule has 2 aromatic rings. The Morgan fingerprint density at radius 2 is 2.12 bits per heavy atom. The molecule has 1 aliphatic heterocycles. The highest BCUT2D eigenvalue weighted by molar-refractivity contribution is 5.67. The van der Waals surface area contributed by atoms with Gasteiger partial charge in [0, 0.05) is 23.7 Å². The Kier molecular flexibility index (Phi) is 3.37. The number of nitrogens with zero attached hydrogens (tertiary/aromatic N) is 1. The monoisotopic (exact) mass is 324 g/mol. The number of fused-ring (bicyclic) bond motifs is 3. The molecule has 0 bridgehead atoms.